The standard InChI is InChI=1S/C16H16N2O4/c1-11-2-6-13(7-3-11)15-19-21-16(22-20-15)14-8-4-12(5-9-14)10-18-17/h2-10,15-16H,17H2,1H3/b18-10-. The van der Waals surface area contributed by atoms with Crippen molar-refractivity contribution in [3.8, 4) is 0 Å². The molecule has 2 aromatic rings. The van der Waals surface area contributed by atoms with Gasteiger partial charge in [0.25, 0.3) is 0 Å². The Labute approximate surface area is 127 Å². The maximum absolute atomic E-state index is 5.26. The summed E-state index contributed by atoms with van der Waals surface area (Å²) in [7, 11) is 0. The molecule has 1 fully saturated rings. The molecule has 0 saturated carbocycles. The molecule has 1 aliphatic rings. The third-order valence-corrected chi connectivity index (χ3v) is 3.24. The highest BCUT2D eigenvalue weighted by atomic mass is 17.4. The first kappa shape index (κ1) is 14.7. The van der Waals surface area contributed by atoms with E-state index in [4.69, 9.17) is 25.4 Å². The van der Waals surface area contributed by atoms with Crippen LogP contribution in [0, 0.1) is 6.92 Å². The number of nitrogens with two attached hydrogens (primary N) is 1. The van der Waals surface area contributed by atoms with E-state index in [-0.39, 0.29) is 0 Å². The summed E-state index contributed by atoms with van der Waals surface area (Å²) in [5.41, 5.74) is 3.61. The van der Waals surface area contributed by atoms with E-state index in [1.807, 2.05) is 55.5 Å². The monoisotopic (exact) mass is 300 g/mol. The Kier molecular flexibility index (Phi) is 4.45. The van der Waals surface area contributed by atoms with Crippen LogP contribution in [0.25, 0.3) is 0 Å². The molecule has 1 aliphatic heterocycles. The minimum Gasteiger partial charge on any atom is -0.323 e. The minimum atomic E-state index is -0.745. The lowest BCUT2D eigenvalue weighted by Crippen LogP contribution is -2.22. The molecule has 0 bridgehead atoms. The molecule has 2 aromatic carbocycles. The minimum absolute atomic E-state index is 0.708. The van der Waals surface area contributed by atoms with E-state index in [1.165, 1.54) is 0 Å². The molecule has 6 nitrogen and oxygen atoms in total. The van der Waals surface area contributed by atoms with Crippen LogP contribution in [0.4, 0.5) is 0 Å². The van der Waals surface area contributed by atoms with E-state index < -0.39 is 12.6 Å². The van der Waals surface area contributed by atoms with Crippen LogP contribution in [-0.2, 0) is 19.6 Å². The summed E-state index contributed by atoms with van der Waals surface area (Å²) in [5, 5.41) is 3.46. The molecule has 22 heavy (non-hydrogen) atoms. The van der Waals surface area contributed by atoms with Gasteiger partial charge in [0.15, 0.2) is 0 Å². The molecule has 114 valence electrons. The van der Waals surface area contributed by atoms with Crippen LogP contribution in [0.2, 0.25) is 0 Å². The van der Waals surface area contributed by atoms with Crippen molar-refractivity contribution in [2.45, 2.75) is 19.5 Å². The van der Waals surface area contributed by atoms with E-state index >= 15 is 0 Å². The zero-order valence-electron chi connectivity index (χ0n) is 12.0. The molecular formula is C16H16N2O4. The van der Waals surface area contributed by atoms with E-state index in [2.05, 4.69) is 5.10 Å². The first-order valence-corrected chi connectivity index (χ1v) is 6.80. The predicted octanol–water partition coefficient (Wildman–Crippen LogP) is 2.90. The number of benzene rings is 2. The first-order valence-electron chi connectivity index (χ1n) is 6.80. The van der Waals surface area contributed by atoms with Gasteiger partial charge in [-0.05, 0) is 12.5 Å². The van der Waals surface area contributed by atoms with Gasteiger partial charge in [0, 0.05) is 11.1 Å². The summed E-state index contributed by atoms with van der Waals surface area (Å²) in [6.45, 7) is 2.01. The van der Waals surface area contributed by atoms with Gasteiger partial charge >= 0.3 is 0 Å². The Balaban J connectivity index is 1.62. The molecule has 3 rings (SSSR count). The maximum atomic E-state index is 5.26. The topological polar surface area (TPSA) is 75.3 Å². The summed E-state index contributed by atoms with van der Waals surface area (Å²) in [5.74, 6) is 5.10. The molecule has 0 aliphatic carbocycles. The molecule has 0 radical (unpaired) electrons. The third-order valence-electron chi connectivity index (χ3n) is 3.24. The average molecular weight is 300 g/mol. The van der Waals surface area contributed by atoms with Crippen molar-refractivity contribution >= 4 is 6.21 Å². The van der Waals surface area contributed by atoms with Crippen molar-refractivity contribution in [3.05, 3.63) is 70.8 Å². The van der Waals surface area contributed by atoms with Crippen molar-refractivity contribution in [1.82, 2.24) is 0 Å². The lowest BCUT2D eigenvalue weighted by atomic mass is 10.1. The van der Waals surface area contributed by atoms with Crippen LogP contribution in [0.1, 0.15) is 34.8 Å². The fourth-order valence-corrected chi connectivity index (χ4v) is 2.00. The Morgan fingerprint density at radius 3 is 1.73 bits per heavy atom. The molecule has 6 heteroatoms. The highest BCUT2D eigenvalue weighted by molar-refractivity contribution is 5.79. The second-order valence-electron chi connectivity index (χ2n) is 4.90. The molecule has 1 heterocycles. The second-order valence-corrected chi connectivity index (χ2v) is 4.90. The molecule has 0 unspecified atom stereocenters. The van der Waals surface area contributed by atoms with Crippen LogP contribution < -0.4 is 5.84 Å². The Morgan fingerprint density at radius 1 is 0.818 bits per heavy atom. The van der Waals surface area contributed by atoms with Crippen LogP contribution in [-0.4, -0.2) is 6.21 Å². The molecule has 0 spiro atoms. The molecular weight excluding hydrogens is 284 g/mol. The smallest absolute Gasteiger partial charge is 0.249 e. The lowest BCUT2D eigenvalue weighted by Gasteiger charge is -2.27. The Morgan fingerprint density at radius 2 is 1.27 bits per heavy atom. The molecule has 0 aromatic heterocycles. The third kappa shape index (κ3) is 3.32. The van der Waals surface area contributed by atoms with Crippen molar-refractivity contribution in [1.29, 1.82) is 0 Å². The normalized spacial score (nSPS) is 22.0. The summed E-state index contributed by atoms with van der Waals surface area (Å²) in [6.07, 6.45) is 0.0957. The fourth-order valence-electron chi connectivity index (χ4n) is 2.00. The fraction of sp³-hybridized carbons (Fsp3) is 0.188. The van der Waals surface area contributed by atoms with Crippen LogP contribution in [0.15, 0.2) is 53.6 Å². The maximum Gasteiger partial charge on any atom is 0.249 e. The van der Waals surface area contributed by atoms with Gasteiger partial charge in [-0.15, -0.1) is 0 Å². The van der Waals surface area contributed by atoms with Crippen LogP contribution in [0.5, 0.6) is 0 Å². The number of hydrogen-bond acceptors (Lipinski definition) is 6. The second kappa shape index (κ2) is 6.67. The van der Waals surface area contributed by atoms with Gasteiger partial charge in [0.1, 0.15) is 0 Å². The highest BCUT2D eigenvalue weighted by Crippen LogP contribution is 2.32. The molecule has 0 amide bonds. The van der Waals surface area contributed by atoms with Gasteiger partial charge in [-0.2, -0.15) is 24.7 Å². The quantitative estimate of drug-likeness (QED) is 0.408. The van der Waals surface area contributed by atoms with Crippen molar-refractivity contribution in [3.63, 3.8) is 0 Å². The zero-order valence-corrected chi connectivity index (χ0v) is 12.0. The number of hydrazone groups is 1. The number of aryl methyl sites for hydroxylation is 1. The van der Waals surface area contributed by atoms with Gasteiger partial charge < -0.3 is 5.84 Å². The van der Waals surface area contributed by atoms with Crippen LogP contribution >= 0.6 is 0 Å². The predicted molar refractivity (Wildman–Crippen MR) is 79.2 cm³/mol. The number of nitrogens with zero attached hydrogens (tertiary/aromatic N) is 1. The summed E-state index contributed by atoms with van der Waals surface area (Å²) < 4.78 is 0. The molecule has 1 saturated heterocycles. The highest BCUT2D eigenvalue weighted by Gasteiger charge is 2.28. The van der Waals surface area contributed by atoms with E-state index in [0.717, 1.165) is 22.3 Å². The molecule has 2 N–H and O–H groups in total. The summed E-state index contributed by atoms with van der Waals surface area (Å²) in [6, 6.07) is 15.0. The zero-order chi connectivity index (χ0) is 15.4. The Hall–Kier alpha value is -2.25. The Bertz CT molecular complexity index is 632. The SMILES string of the molecule is Cc1ccc(C2OOC(c3ccc(/C=N\N)cc3)OO2)cc1. The van der Waals surface area contributed by atoms with Gasteiger partial charge in [-0.1, -0.05) is 54.1 Å². The van der Waals surface area contributed by atoms with Gasteiger partial charge in [0.2, 0.25) is 12.6 Å². The van der Waals surface area contributed by atoms with Gasteiger partial charge in [0.05, 0.1) is 6.21 Å². The average Bonchev–Trinajstić information content (AvgIpc) is 2.57. The van der Waals surface area contributed by atoms with Gasteiger partial charge in [-0.25, -0.2) is 0 Å². The molecule has 0 atom stereocenters. The van der Waals surface area contributed by atoms with Crippen LogP contribution in [0.3, 0.4) is 0 Å². The largest absolute Gasteiger partial charge is 0.323 e. The van der Waals surface area contributed by atoms with E-state index in [0.29, 0.717) is 0 Å². The summed E-state index contributed by atoms with van der Waals surface area (Å²) >= 11 is 0. The van der Waals surface area contributed by atoms with Gasteiger partial charge in [-0.3, -0.25) is 0 Å². The van der Waals surface area contributed by atoms with Crippen molar-refractivity contribution in [2.75, 3.05) is 0 Å². The van der Waals surface area contributed by atoms with E-state index in [9.17, 15) is 0 Å². The number of hydrogen-bond donors (Lipinski definition) is 1. The first-order chi connectivity index (χ1) is 10.8. The van der Waals surface area contributed by atoms with E-state index in [1.54, 1.807) is 6.21 Å². The lowest BCUT2D eigenvalue weighted by molar-refractivity contribution is -0.600. The van der Waals surface area contributed by atoms with Crippen molar-refractivity contribution < 1.29 is 19.6 Å². The number of rotatable bonds is 3. The van der Waals surface area contributed by atoms with Crippen molar-refractivity contribution in [2.24, 2.45) is 10.9 Å². The summed E-state index contributed by atoms with van der Waals surface area (Å²) in [4.78, 5) is 21.0.